The first-order valence-electron chi connectivity index (χ1n) is 6.61. The lowest BCUT2D eigenvalue weighted by molar-refractivity contribution is -0.157. The molecular formula is C12H20N2O4S. The van der Waals surface area contributed by atoms with E-state index in [1.807, 2.05) is 0 Å². The first-order chi connectivity index (χ1) is 9.18. The Morgan fingerprint density at radius 1 is 1.37 bits per heavy atom. The summed E-state index contributed by atoms with van der Waals surface area (Å²) in [5.74, 6) is -0.701. The summed E-state index contributed by atoms with van der Waals surface area (Å²) in [6.45, 7) is 2.90. The van der Waals surface area contributed by atoms with Gasteiger partial charge < -0.3 is 20.1 Å². The number of carbonyl (C=O) groups excluding carboxylic acids is 1. The number of hydrogen-bond acceptors (Lipinski definition) is 5. The van der Waals surface area contributed by atoms with Crippen LogP contribution in [-0.2, 0) is 14.3 Å². The molecule has 108 valence electrons. The third-order valence-electron chi connectivity index (χ3n) is 3.46. The van der Waals surface area contributed by atoms with Gasteiger partial charge in [0.2, 0.25) is 5.91 Å². The standard InChI is InChI=1S/C12H20N2O4S/c15-11(8-19-9-1-3-13-4-2-9)14-5-6-18-7-10(14)12(16)17/h9-10,13H,1-8H2,(H,16,17). The number of ether oxygens (including phenoxy) is 1. The van der Waals surface area contributed by atoms with Crippen molar-refractivity contribution in [1.29, 1.82) is 0 Å². The number of morpholine rings is 1. The van der Waals surface area contributed by atoms with Crippen molar-refractivity contribution in [2.75, 3.05) is 38.6 Å². The maximum atomic E-state index is 12.1. The van der Waals surface area contributed by atoms with E-state index in [1.165, 1.54) is 4.90 Å². The average Bonchev–Trinajstić information content (AvgIpc) is 2.46. The summed E-state index contributed by atoms with van der Waals surface area (Å²) >= 11 is 1.65. The van der Waals surface area contributed by atoms with Crippen molar-refractivity contribution >= 4 is 23.6 Å². The largest absolute Gasteiger partial charge is 0.480 e. The number of carboxylic acids is 1. The molecule has 0 saturated carbocycles. The highest BCUT2D eigenvalue weighted by Crippen LogP contribution is 2.21. The Balaban J connectivity index is 1.81. The molecule has 2 N–H and O–H groups in total. The number of nitrogens with one attached hydrogen (secondary N) is 1. The number of aliphatic carboxylic acids is 1. The number of rotatable bonds is 4. The monoisotopic (exact) mass is 288 g/mol. The van der Waals surface area contributed by atoms with E-state index < -0.39 is 12.0 Å². The summed E-state index contributed by atoms with van der Waals surface area (Å²) in [4.78, 5) is 24.7. The van der Waals surface area contributed by atoms with Crippen LogP contribution in [0.25, 0.3) is 0 Å². The molecule has 0 aromatic carbocycles. The first kappa shape index (κ1) is 14.6. The second-order valence-corrected chi connectivity index (χ2v) is 6.07. The van der Waals surface area contributed by atoms with Crippen LogP contribution in [0.1, 0.15) is 12.8 Å². The molecule has 19 heavy (non-hydrogen) atoms. The second-order valence-electron chi connectivity index (χ2n) is 4.78. The molecule has 0 spiro atoms. The molecule has 2 aliphatic heterocycles. The summed E-state index contributed by atoms with van der Waals surface area (Å²) in [5, 5.41) is 12.9. The van der Waals surface area contributed by atoms with E-state index in [2.05, 4.69) is 5.32 Å². The van der Waals surface area contributed by atoms with Crippen molar-refractivity contribution in [3.05, 3.63) is 0 Å². The van der Waals surface area contributed by atoms with Crippen LogP contribution >= 0.6 is 11.8 Å². The average molecular weight is 288 g/mol. The summed E-state index contributed by atoms with van der Waals surface area (Å²) in [7, 11) is 0. The van der Waals surface area contributed by atoms with Gasteiger partial charge in [0, 0.05) is 11.8 Å². The third-order valence-corrected chi connectivity index (χ3v) is 4.82. The van der Waals surface area contributed by atoms with Crippen molar-refractivity contribution < 1.29 is 19.4 Å². The topological polar surface area (TPSA) is 78.9 Å². The zero-order chi connectivity index (χ0) is 13.7. The Hall–Kier alpha value is -0.790. The molecule has 2 heterocycles. The zero-order valence-corrected chi connectivity index (χ0v) is 11.7. The molecule has 6 nitrogen and oxygen atoms in total. The normalized spacial score (nSPS) is 25.3. The minimum atomic E-state index is -0.986. The lowest BCUT2D eigenvalue weighted by Gasteiger charge is -2.33. The predicted molar refractivity (Wildman–Crippen MR) is 72.3 cm³/mol. The zero-order valence-electron chi connectivity index (χ0n) is 10.8. The number of hydrogen-bond donors (Lipinski definition) is 2. The van der Waals surface area contributed by atoms with E-state index in [4.69, 9.17) is 9.84 Å². The van der Waals surface area contributed by atoms with Gasteiger partial charge in [-0.05, 0) is 25.9 Å². The number of thioether (sulfide) groups is 1. The van der Waals surface area contributed by atoms with E-state index in [1.54, 1.807) is 11.8 Å². The van der Waals surface area contributed by atoms with E-state index in [-0.39, 0.29) is 12.5 Å². The number of nitrogens with zero attached hydrogens (tertiary/aromatic N) is 1. The molecule has 2 aliphatic rings. The summed E-state index contributed by atoms with van der Waals surface area (Å²) in [6.07, 6.45) is 2.15. The lowest BCUT2D eigenvalue weighted by Crippen LogP contribution is -2.53. The smallest absolute Gasteiger partial charge is 0.328 e. The third kappa shape index (κ3) is 4.09. The van der Waals surface area contributed by atoms with Gasteiger partial charge in [-0.15, -0.1) is 11.8 Å². The Bertz CT molecular complexity index is 334. The first-order valence-corrected chi connectivity index (χ1v) is 7.65. The Labute approximate surface area is 116 Å². The van der Waals surface area contributed by atoms with Crippen molar-refractivity contribution in [2.24, 2.45) is 0 Å². The lowest BCUT2D eigenvalue weighted by atomic mass is 10.2. The molecular weight excluding hydrogens is 268 g/mol. The van der Waals surface area contributed by atoms with E-state index >= 15 is 0 Å². The van der Waals surface area contributed by atoms with E-state index in [9.17, 15) is 9.59 Å². The fourth-order valence-corrected chi connectivity index (χ4v) is 3.45. The van der Waals surface area contributed by atoms with Crippen LogP contribution in [0.3, 0.4) is 0 Å². The summed E-state index contributed by atoms with van der Waals surface area (Å²) in [6, 6.07) is -0.824. The molecule has 1 amide bonds. The molecule has 7 heteroatoms. The van der Waals surface area contributed by atoms with Gasteiger partial charge in [0.1, 0.15) is 0 Å². The molecule has 2 rings (SSSR count). The SMILES string of the molecule is O=C(O)C1COCCN1C(=O)CSC1CCNCC1. The van der Waals surface area contributed by atoms with Crippen LogP contribution in [-0.4, -0.2) is 71.8 Å². The minimum absolute atomic E-state index is 0.0840. The predicted octanol–water partition coefficient (Wildman–Crippen LogP) is -0.216. The highest BCUT2D eigenvalue weighted by Gasteiger charge is 2.32. The van der Waals surface area contributed by atoms with E-state index in [0.717, 1.165) is 25.9 Å². The molecule has 1 unspecified atom stereocenters. The summed E-state index contributed by atoms with van der Waals surface area (Å²) < 4.78 is 5.13. The van der Waals surface area contributed by atoms with E-state index in [0.29, 0.717) is 24.2 Å². The van der Waals surface area contributed by atoms with Gasteiger partial charge in [0.15, 0.2) is 6.04 Å². The van der Waals surface area contributed by atoms with Gasteiger partial charge >= 0.3 is 5.97 Å². The fourth-order valence-electron chi connectivity index (χ4n) is 2.34. The quantitative estimate of drug-likeness (QED) is 0.745. The van der Waals surface area contributed by atoms with Gasteiger partial charge in [0.25, 0.3) is 0 Å². The Morgan fingerprint density at radius 3 is 2.79 bits per heavy atom. The van der Waals surface area contributed by atoms with Gasteiger partial charge in [-0.3, -0.25) is 4.79 Å². The number of carbonyl (C=O) groups is 2. The molecule has 0 aromatic rings. The molecule has 0 aliphatic carbocycles. The highest BCUT2D eigenvalue weighted by molar-refractivity contribution is 8.00. The summed E-state index contributed by atoms with van der Waals surface area (Å²) in [5.41, 5.74) is 0. The second kappa shape index (κ2) is 7.12. The minimum Gasteiger partial charge on any atom is -0.480 e. The molecule has 0 bridgehead atoms. The van der Waals surface area contributed by atoms with Gasteiger partial charge in [-0.25, -0.2) is 4.79 Å². The highest BCUT2D eigenvalue weighted by atomic mass is 32.2. The number of amides is 1. The van der Waals surface area contributed by atoms with Crippen LogP contribution in [0.2, 0.25) is 0 Å². The van der Waals surface area contributed by atoms with Crippen LogP contribution in [0.15, 0.2) is 0 Å². The van der Waals surface area contributed by atoms with Crippen molar-refractivity contribution in [3.8, 4) is 0 Å². The fraction of sp³-hybridized carbons (Fsp3) is 0.833. The Kier molecular flexibility index (Phi) is 5.47. The van der Waals surface area contributed by atoms with Gasteiger partial charge in [-0.1, -0.05) is 0 Å². The van der Waals surface area contributed by atoms with Crippen molar-refractivity contribution in [1.82, 2.24) is 10.2 Å². The van der Waals surface area contributed by atoms with Crippen LogP contribution in [0.4, 0.5) is 0 Å². The van der Waals surface area contributed by atoms with Crippen LogP contribution in [0, 0.1) is 0 Å². The number of piperidine rings is 1. The number of carboxylic acid groups (broad SMARTS) is 1. The Morgan fingerprint density at radius 2 is 2.11 bits per heavy atom. The maximum absolute atomic E-state index is 12.1. The van der Waals surface area contributed by atoms with Crippen molar-refractivity contribution in [2.45, 2.75) is 24.1 Å². The molecule has 1 atom stereocenters. The maximum Gasteiger partial charge on any atom is 0.328 e. The van der Waals surface area contributed by atoms with Crippen LogP contribution in [0.5, 0.6) is 0 Å². The molecule has 0 radical (unpaired) electrons. The molecule has 2 fully saturated rings. The van der Waals surface area contributed by atoms with Gasteiger partial charge in [-0.2, -0.15) is 0 Å². The molecule has 2 saturated heterocycles. The van der Waals surface area contributed by atoms with Gasteiger partial charge in [0.05, 0.1) is 19.0 Å². The van der Waals surface area contributed by atoms with Crippen molar-refractivity contribution in [3.63, 3.8) is 0 Å². The van der Waals surface area contributed by atoms with Crippen LogP contribution < -0.4 is 5.32 Å². The molecule has 0 aromatic heterocycles.